The third kappa shape index (κ3) is 19.5. The van der Waals surface area contributed by atoms with Crippen molar-refractivity contribution in [1.29, 1.82) is 0 Å². The van der Waals surface area contributed by atoms with Crippen LogP contribution in [-0.2, 0) is 70.2 Å². The van der Waals surface area contributed by atoms with Gasteiger partial charge in [0.05, 0.1) is 38.4 Å². The minimum absolute atomic E-state index is 0.0418. The average molecular weight is 1240 g/mol. The van der Waals surface area contributed by atoms with Gasteiger partial charge < -0.3 is 58.7 Å². The van der Waals surface area contributed by atoms with Crippen molar-refractivity contribution >= 4 is 63.9 Å². The van der Waals surface area contributed by atoms with Gasteiger partial charge in [0.15, 0.2) is 29.7 Å². The Morgan fingerprint density at radius 3 is 2.18 bits per heavy atom. The van der Waals surface area contributed by atoms with Gasteiger partial charge in [0.1, 0.15) is 36.9 Å². The van der Waals surface area contributed by atoms with Crippen LogP contribution in [0.2, 0.25) is 0 Å². The number of halogens is 1. The molecule has 4 aromatic rings. The number of ketones is 1. The van der Waals surface area contributed by atoms with Crippen LogP contribution in [0, 0.1) is 11.2 Å². The maximum absolute atomic E-state index is 16.0. The Balaban J connectivity index is 1.37. The van der Waals surface area contributed by atoms with E-state index in [1.54, 1.807) is 32.9 Å². The van der Waals surface area contributed by atoms with Crippen molar-refractivity contribution < 1.29 is 76.0 Å². The third-order valence-corrected chi connectivity index (χ3v) is 15.9. The summed E-state index contributed by atoms with van der Waals surface area (Å²) in [5.74, 6) is -7.14. The number of hydrogen-bond donors (Lipinski definition) is 2. The number of likely N-dealkylation sites (N-methyl/N-ethyl adjacent to an activating group) is 3. The van der Waals surface area contributed by atoms with Crippen LogP contribution in [-0.4, -0.2) is 177 Å². The van der Waals surface area contributed by atoms with Crippen molar-refractivity contribution in [3.8, 4) is 17.2 Å². The molecule has 1 saturated heterocycles. The van der Waals surface area contributed by atoms with Gasteiger partial charge >= 0.3 is 11.9 Å². The van der Waals surface area contributed by atoms with Gasteiger partial charge in [-0.25, -0.2) is 14.0 Å². The normalized spacial score (nSPS) is 21.8. The van der Waals surface area contributed by atoms with Crippen LogP contribution >= 0.6 is 0 Å². The Labute approximate surface area is 520 Å². The first kappa shape index (κ1) is 69.7. The topological polar surface area (TPSA) is 246 Å². The van der Waals surface area contributed by atoms with Gasteiger partial charge in [0.2, 0.25) is 29.4 Å². The number of unbranched alkanes of at least 4 members (excludes halogenated alkanes) is 1. The van der Waals surface area contributed by atoms with Crippen molar-refractivity contribution in [2.24, 2.45) is 5.41 Å². The van der Waals surface area contributed by atoms with E-state index in [0.717, 1.165) is 28.5 Å². The second kappa shape index (κ2) is 32.2. The quantitative estimate of drug-likeness (QED) is 0.107. The number of carbonyl (C=O) groups excluding carboxylic acids is 9. The first-order valence-electron chi connectivity index (χ1n) is 30.2. The predicted octanol–water partition coefficient (Wildman–Crippen LogP) is 7.03. The maximum atomic E-state index is 16.0. The lowest BCUT2D eigenvalue weighted by Gasteiger charge is -2.36. The van der Waals surface area contributed by atoms with Crippen molar-refractivity contribution in [3.05, 3.63) is 114 Å². The highest BCUT2D eigenvalue weighted by atomic mass is 19.1. The molecule has 0 saturated carbocycles. The number of nitrogens with zero attached hydrogens (tertiary/aromatic N) is 4. The van der Waals surface area contributed by atoms with Gasteiger partial charge in [-0.2, -0.15) is 0 Å². The fourth-order valence-corrected chi connectivity index (χ4v) is 10.3. The summed E-state index contributed by atoms with van der Waals surface area (Å²) < 4.78 is 50.7. The molecule has 2 heterocycles. The largest absolute Gasteiger partial charge is 0.493 e. The standard InChI is InChI=1S/C67H87FN6O15/c1-12-13-22-50-62(80)70-49(36-44-25-28-45-20-14-15-21-46(45)35-44)63(81)73(9)52(40-88-66(2,3)4)61(79)69-39-57(75)71(7)33-18-17-24-59(77)87-42-67(5,6)60(78)64(82)74-34-19-16-23-51(74)65(83)89-53(31-26-43-27-32-54(84-10)56(37-43)85-11)47-29-30-48(68)55(38-47)86-41-58(76)72(50)8/h14-15,17,20-21,24-25,27-30,32,35,37-38,49-53H,12-13,16,18-19,22-23,26,31,33-34,36,39-42H2,1-11H3,(H,69,79)(H,70,80)/b24-17+/t49-,50-,51-,52-,53+/m0/s1. The molecular weight excluding hydrogens is 1150 g/mol. The molecule has 6 rings (SSSR count). The molecular formula is C67H87FN6O15. The number of nitrogens with one attached hydrogen (secondary N) is 2. The predicted molar refractivity (Wildman–Crippen MR) is 330 cm³/mol. The van der Waals surface area contributed by atoms with Gasteiger partial charge in [0.25, 0.3) is 11.8 Å². The molecule has 89 heavy (non-hydrogen) atoms. The number of Topliss-reactive ketones (excluding diaryl/α,β-unsaturated/α-hetero) is 1. The number of rotatable bonds is 12. The maximum Gasteiger partial charge on any atom is 0.330 e. The average Bonchev–Trinajstić information content (AvgIpc) is 2.97. The summed E-state index contributed by atoms with van der Waals surface area (Å²) in [5, 5.41) is 7.38. The second-order valence-corrected chi connectivity index (χ2v) is 24.2. The number of benzene rings is 4. The van der Waals surface area contributed by atoms with Gasteiger partial charge in [-0.05, 0) is 131 Å². The Kier molecular flexibility index (Phi) is 25.2. The molecule has 0 spiro atoms. The summed E-state index contributed by atoms with van der Waals surface area (Å²) >= 11 is 0. The highest BCUT2D eigenvalue weighted by Crippen LogP contribution is 2.34. The molecule has 0 unspecified atom stereocenters. The van der Waals surface area contributed by atoms with Crippen LogP contribution in [0.3, 0.4) is 0 Å². The Morgan fingerprint density at radius 2 is 1.47 bits per heavy atom. The molecule has 0 aromatic heterocycles. The van der Waals surface area contributed by atoms with Crippen molar-refractivity contribution in [3.63, 3.8) is 0 Å². The number of methoxy groups -OCH3 is 2. The Hall–Kier alpha value is -8.40. The zero-order chi connectivity index (χ0) is 65.2. The summed E-state index contributed by atoms with van der Waals surface area (Å²) in [6, 6.07) is 17.4. The molecule has 0 aliphatic carbocycles. The fraction of sp³-hybridized carbons (Fsp3) is 0.507. The molecule has 2 aliphatic rings. The summed E-state index contributed by atoms with van der Waals surface area (Å²) in [6.07, 6.45) is 4.45. The van der Waals surface area contributed by atoms with Gasteiger partial charge in [-0.3, -0.25) is 33.6 Å². The van der Waals surface area contributed by atoms with Crippen LogP contribution in [0.5, 0.6) is 17.2 Å². The third-order valence-electron chi connectivity index (χ3n) is 15.9. The van der Waals surface area contributed by atoms with Crippen molar-refractivity contribution in [1.82, 2.24) is 30.2 Å². The number of fused-ring (bicyclic) bond motifs is 4. The zero-order valence-corrected chi connectivity index (χ0v) is 53.2. The number of esters is 2. The van der Waals surface area contributed by atoms with Crippen LogP contribution in [0.1, 0.15) is 116 Å². The highest BCUT2D eigenvalue weighted by Gasteiger charge is 2.43. The van der Waals surface area contributed by atoms with E-state index < -0.39 is 120 Å². The second-order valence-electron chi connectivity index (χ2n) is 24.2. The molecule has 1 fully saturated rings. The monoisotopic (exact) mass is 1230 g/mol. The summed E-state index contributed by atoms with van der Waals surface area (Å²) in [7, 11) is 7.32. The van der Waals surface area contributed by atoms with Gasteiger partial charge in [0, 0.05) is 46.7 Å². The van der Waals surface area contributed by atoms with Gasteiger partial charge in [-0.1, -0.05) is 80.4 Å². The highest BCUT2D eigenvalue weighted by molar-refractivity contribution is 6.38. The smallest absolute Gasteiger partial charge is 0.330 e. The van der Waals surface area contributed by atoms with Crippen LogP contribution < -0.4 is 24.8 Å². The SMILES string of the molecule is CCCC[C@H]1C(=O)N[C@@H](Cc2ccc3ccccc3c2)C(=O)N(C)[C@@H](COC(C)(C)C)C(=O)NCC(=O)N(C)CC/C=C/C(=O)OCC(C)(C)C(=O)C(=O)N2CCCC[C@H]2C(=O)O[C@H](CCc2ccc(OC)c(OC)c2)c2ccc(F)c(c2)OCC(=O)N1C. The lowest BCUT2D eigenvalue weighted by Crippen LogP contribution is -2.59. The van der Waals surface area contributed by atoms with Crippen molar-refractivity contribution in [2.75, 3.05) is 74.8 Å². The van der Waals surface area contributed by atoms with E-state index in [1.807, 2.05) is 55.5 Å². The molecule has 2 N–H and O–H groups in total. The number of hydrogen-bond acceptors (Lipinski definition) is 15. The minimum atomic E-state index is -1.54. The Morgan fingerprint density at radius 1 is 0.753 bits per heavy atom. The number of aryl methyl sites for hydroxylation is 1. The molecule has 5 atom stereocenters. The summed E-state index contributed by atoms with van der Waals surface area (Å²) in [6.45, 7) is 8.28. The Bertz CT molecular complexity index is 3220. The van der Waals surface area contributed by atoms with E-state index in [-0.39, 0.29) is 69.5 Å². The molecule has 6 amide bonds. The first-order valence-corrected chi connectivity index (χ1v) is 30.2. The molecule has 4 aromatic carbocycles. The molecule has 21 nitrogen and oxygen atoms in total. The van der Waals surface area contributed by atoms with E-state index in [0.29, 0.717) is 42.7 Å². The van der Waals surface area contributed by atoms with Gasteiger partial charge in [-0.15, -0.1) is 0 Å². The number of ether oxygens (including phenoxy) is 6. The minimum Gasteiger partial charge on any atom is -0.493 e. The lowest BCUT2D eigenvalue weighted by atomic mass is 9.87. The molecule has 482 valence electrons. The van der Waals surface area contributed by atoms with Crippen LogP contribution in [0.25, 0.3) is 10.8 Å². The molecule has 22 heteroatoms. The molecule has 2 bridgehead atoms. The number of carbonyl (C=O) groups is 9. The van der Waals surface area contributed by atoms with E-state index in [9.17, 15) is 38.4 Å². The zero-order valence-electron chi connectivity index (χ0n) is 53.2. The number of amides is 6. The van der Waals surface area contributed by atoms with Crippen LogP contribution in [0.15, 0.2) is 91.0 Å². The molecule has 0 radical (unpaired) electrons. The molecule has 2 aliphatic heterocycles. The fourth-order valence-electron chi connectivity index (χ4n) is 10.3. The van der Waals surface area contributed by atoms with E-state index in [4.69, 9.17) is 28.4 Å². The van der Waals surface area contributed by atoms with E-state index in [1.165, 1.54) is 87.0 Å². The van der Waals surface area contributed by atoms with E-state index >= 15 is 9.18 Å². The lowest BCUT2D eigenvalue weighted by molar-refractivity contribution is -0.165. The van der Waals surface area contributed by atoms with E-state index in [2.05, 4.69) is 10.6 Å². The summed E-state index contributed by atoms with van der Waals surface area (Å²) in [4.78, 5) is 132. The summed E-state index contributed by atoms with van der Waals surface area (Å²) in [5.41, 5.74) is -0.605. The first-order chi connectivity index (χ1) is 42.2. The van der Waals surface area contributed by atoms with Crippen molar-refractivity contribution in [2.45, 2.75) is 142 Å². The van der Waals surface area contributed by atoms with Crippen LogP contribution in [0.4, 0.5) is 4.39 Å². The number of piperidine rings is 1. The number of cyclic esters (lactones) is 2.